The Labute approximate surface area is 157 Å². The molecule has 0 amide bonds. The van der Waals surface area contributed by atoms with Crippen LogP contribution in [0.15, 0.2) is 47.4 Å². The molecular formula is C16H18ClN3O5S. The normalized spacial score (nSPS) is 14.0. The summed E-state index contributed by atoms with van der Waals surface area (Å²) in [5.74, 6) is 0.0697. The largest absolute Gasteiger partial charge is 0.495 e. The number of nitrogens with zero attached hydrogens (tertiary/aromatic N) is 2. The van der Waals surface area contributed by atoms with E-state index in [0.29, 0.717) is 18.8 Å². The highest BCUT2D eigenvalue weighted by Crippen LogP contribution is 2.34. The van der Waals surface area contributed by atoms with E-state index in [0.717, 1.165) is 11.6 Å². The second-order valence-electron chi connectivity index (χ2n) is 5.47. The molecule has 1 aliphatic heterocycles. The fourth-order valence-electron chi connectivity index (χ4n) is 2.78. The number of sulfonamides is 1. The first-order valence-corrected chi connectivity index (χ1v) is 9.03. The Bertz CT molecular complexity index is 920. The highest BCUT2D eigenvalue weighted by Gasteiger charge is 2.31. The van der Waals surface area contributed by atoms with E-state index in [-0.39, 0.29) is 35.3 Å². The maximum atomic E-state index is 13.3. The summed E-state index contributed by atoms with van der Waals surface area (Å²) in [5.41, 5.74) is 1.09. The second kappa shape index (κ2) is 7.90. The smallest absolute Gasteiger partial charge is 0.271 e. The van der Waals surface area contributed by atoms with Crippen LogP contribution in [0.4, 0.5) is 11.4 Å². The number of para-hydroxylation sites is 1. The van der Waals surface area contributed by atoms with Crippen molar-refractivity contribution in [2.45, 2.75) is 11.4 Å². The van der Waals surface area contributed by atoms with Crippen molar-refractivity contribution in [1.29, 1.82) is 0 Å². The molecule has 8 nitrogen and oxygen atoms in total. The van der Waals surface area contributed by atoms with E-state index in [1.54, 1.807) is 12.1 Å². The Kier molecular flexibility index (Phi) is 6.06. The molecule has 1 aliphatic rings. The molecule has 2 aromatic carbocycles. The molecule has 0 saturated carbocycles. The van der Waals surface area contributed by atoms with Crippen LogP contribution in [0.3, 0.4) is 0 Å². The lowest BCUT2D eigenvalue weighted by atomic mass is 10.2. The van der Waals surface area contributed by atoms with Gasteiger partial charge in [0.15, 0.2) is 0 Å². The number of anilines is 1. The molecular weight excluding hydrogens is 382 g/mol. The molecule has 10 heteroatoms. The number of fused-ring (bicyclic) bond motifs is 1. The number of hydrogen-bond acceptors (Lipinski definition) is 6. The number of hydrogen-bond donors (Lipinski definition) is 1. The third kappa shape index (κ3) is 3.59. The lowest BCUT2D eigenvalue weighted by Gasteiger charge is -2.25. The van der Waals surface area contributed by atoms with Crippen LogP contribution in [0.1, 0.15) is 5.56 Å². The topological polar surface area (TPSA) is 102 Å². The zero-order chi connectivity index (χ0) is 18.0. The van der Waals surface area contributed by atoms with E-state index in [4.69, 9.17) is 4.74 Å². The number of rotatable bonds is 4. The van der Waals surface area contributed by atoms with Gasteiger partial charge < -0.3 is 10.1 Å². The van der Waals surface area contributed by atoms with Gasteiger partial charge >= 0.3 is 0 Å². The maximum absolute atomic E-state index is 13.3. The molecule has 1 heterocycles. The van der Waals surface area contributed by atoms with Gasteiger partial charge in [0, 0.05) is 31.8 Å². The fourth-order valence-corrected chi connectivity index (χ4v) is 4.46. The highest BCUT2D eigenvalue weighted by atomic mass is 35.5. The number of non-ortho nitro benzene ring substituents is 1. The predicted molar refractivity (Wildman–Crippen MR) is 99.6 cm³/mol. The SMILES string of the molecule is COc1ccc([N+](=O)[O-])cc1S(=O)(=O)N1CCNCc2ccccc21.Cl. The summed E-state index contributed by atoms with van der Waals surface area (Å²) < 4.78 is 32.9. The number of nitrogens with one attached hydrogen (secondary N) is 1. The molecule has 0 unspecified atom stereocenters. The van der Waals surface area contributed by atoms with E-state index in [1.807, 2.05) is 12.1 Å². The van der Waals surface area contributed by atoms with Crippen molar-refractivity contribution in [3.63, 3.8) is 0 Å². The third-order valence-electron chi connectivity index (χ3n) is 3.99. The van der Waals surface area contributed by atoms with Gasteiger partial charge in [0.05, 0.1) is 17.7 Å². The third-order valence-corrected chi connectivity index (χ3v) is 5.83. The lowest BCUT2D eigenvalue weighted by molar-refractivity contribution is -0.385. The van der Waals surface area contributed by atoms with E-state index >= 15 is 0 Å². The first kappa shape index (κ1) is 20.0. The molecule has 2 aromatic rings. The molecule has 26 heavy (non-hydrogen) atoms. The van der Waals surface area contributed by atoms with Crippen LogP contribution in [-0.2, 0) is 16.6 Å². The molecule has 0 fully saturated rings. The average molecular weight is 400 g/mol. The molecule has 0 aliphatic carbocycles. The van der Waals surface area contributed by atoms with Gasteiger partial charge in [0.25, 0.3) is 15.7 Å². The highest BCUT2D eigenvalue weighted by molar-refractivity contribution is 7.93. The Morgan fingerprint density at radius 1 is 1.23 bits per heavy atom. The standard InChI is InChI=1S/C16H17N3O5S.ClH/c1-24-15-7-6-13(19(20)21)10-16(15)25(22,23)18-9-8-17-11-12-4-2-3-5-14(12)18;/h2-7,10,17H,8-9,11H2,1H3;1H. The molecule has 0 saturated heterocycles. The lowest BCUT2D eigenvalue weighted by Crippen LogP contribution is -2.35. The fraction of sp³-hybridized carbons (Fsp3) is 0.250. The van der Waals surface area contributed by atoms with Crippen molar-refractivity contribution in [3.05, 3.63) is 58.1 Å². The molecule has 3 rings (SSSR count). The van der Waals surface area contributed by atoms with Gasteiger partial charge in [-0.3, -0.25) is 14.4 Å². The summed E-state index contributed by atoms with van der Waals surface area (Å²) in [6.07, 6.45) is 0. The summed E-state index contributed by atoms with van der Waals surface area (Å²) in [4.78, 5) is 10.2. The van der Waals surface area contributed by atoms with Gasteiger partial charge in [0.2, 0.25) is 0 Å². The van der Waals surface area contributed by atoms with Crippen LogP contribution in [0.5, 0.6) is 5.75 Å². The van der Waals surface area contributed by atoms with Crippen molar-refractivity contribution in [2.75, 3.05) is 24.5 Å². The Morgan fingerprint density at radius 3 is 2.65 bits per heavy atom. The first-order chi connectivity index (χ1) is 11.9. The minimum atomic E-state index is -4.03. The monoisotopic (exact) mass is 399 g/mol. The van der Waals surface area contributed by atoms with Gasteiger partial charge in [-0.05, 0) is 17.7 Å². The van der Waals surface area contributed by atoms with Crippen molar-refractivity contribution in [2.24, 2.45) is 0 Å². The molecule has 0 atom stereocenters. The van der Waals surface area contributed by atoms with Crippen molar-refractivity contribution < 1.29 is 18.1 Å². The number of halogens is 1. The Morgan fingerprint density at radius 2 is 1.96 bits per heavy atom. The number of benzene rings is 2. The zero-order valence-electron chi connectivity index (χ0n) is 13.9. The zero-order valence-corrected chi connectivity index (χ0v) is 15.5. The summed E-state index contributed by atoms with van der Waals surface area (Å²) in [5, 5.41) is 14.2. The predicted octanol–water partition coefficient (Wildman–Crippen LogP) is 2.32. The van der Waals surface area contributed by atoms with Crippen LogP contribution < -0.4 is 14.4 Å². The van der Waals surface area contributed by atoms with E-state index in [1.165, 1.54) is 23.5 Å². The minimum Gasteiger partial charge on any atom is -0.495 e. The van der Waals surface area contributed by atoms with Gasteiger partial charge in [-0.25, -0.2) is 8.42 Å². The summed E-state index contributed by atoms with van der Waals surface area (Å²) in [7, 11) is -2.70. The number of nitro benzene ring substituents is 1. The van der Waals surface area contributed by atoms with Gasteiger partial charge in [0.1, 0.15) is 10.6 Å². The number of ether oxygens (including phenoxy) is 1. The molecule has 140 valence electrons. The van der Waals surface area contributed by atoms with Crippen LogP contribution >= 0.6 is 12.4 Å². The van der Waals surface area contributed by atoms with Gasteiger partial charge in [-0.2, -0.15) is 0 Å². The second-order valence-corrected chi connectivity index (χ2v) is 7.31. The molecule has 0 radical (unpaired) electrons. The van der Waals surface area contributed by atoms with E-state index in [9.17, 15) is 18.5 Å². The molecule has 0 spiro atoms. The van der Waals surface area contributed by atoms with E-state index in [2.05, 4.69) is 5.32 Å². The Balaban J connectivity index is 0.00000243. The van der Waals surface area contributed by atoms with Crippen molar-refractivity contribution >= 4 is 33.8 Å². The summed E-state index contributed by atoms with van der Waals surface area (Å²) in [6, 6.07) is 10.7. The number of nitro groups is 1. The number of methoxy groups -OCH3 is 1. The van der Waals surface area contributed by atoms with Crippen LogP contribution in [-0.4, -0.2) is 33.5 Å². The maximum Gasteiger partial charge on any atom is 0.271 e. The molecule has 0 bridgehead atoms. The molecule has 1 N–H and O–H groups in total. The average Bonchev–Trinajstić information content (AvgIpc) is 2.84. The van der Waals surface area contributed by atoms with Crippen molar-refractivity contribution in [1.82, 2.24) is 5.32 Å². The van der Waals surface area contributed by atoms with E-state index < -0.39 is 14.9 Å². The van der Waals surface area contributed by atoms with Crippen LogP contribution in [0.25, 0.3) is 0 Å². The Hall–Kier alpha value is -2.36. The minimum absolute atomic E-state index is 0. The van der Waals surface area contributed by atoms with Crippen molar-refractivity contribution in [3.8, 4) is 5.75 Å². The van der Waals surface area contributed by atoms with Crippen LogP contribution in [0, 0.1) is 10.1 Å². The van der Waals surface area contributed by atoms with Crippen LogP contribution in [0.2, 0.25) is 0 Å². The molecule has 0 aromatic heterocycles. The first-order valence-electron chi connectivity index (χ1n) is 7.59. The van der Waals surface area contributed by atoms with Gasteiger partial charge in [-0.1, -0.05) is 18.2 Å². The summed E-state index contributed by atoms with van der Waals surface area (Å²) >= 11 is 0. The summed E-state index contributed by atoms with van der Waals surface area (Å²) in [6.45, 7) is 1.23. The quantitative estimate of drug-likeness (QED) is 0.625. The van der Waals surface area contributed by atoms with Gasteiger partial charge in [-0.15, -0.1) is 12.4 Å².